The number of hydrogen-bond donors (Lipinski definition) is 2. The summed E-state index contributed by atoms with van der Waals surface area (Å²) in [4.78, 5) is 55.3. The third-order valence-electron chi connectivity index (χ3n) is 7.96. The topological polar surface area (TPSA) is 131 Å². The predicted molar refractivity (Wildman–Crippen MR) is 146 cm³/mol. The summed E-state index contributed by atoms with van der Waals surface area (Å²) in [5, 5.41) is 13.2. The Morgan fingerprint density at radius 3 is 2.55 bits per heavy atom. The number of nitrogens with one attached hydrogen (secondary N) is 1. The summed E-state index contributed by atoms with van der Waals surface area (Å²) < 4.78 is 11.8. The standard InChI is InChI=1S/C29H32N2O8S/c1-15-16(2)24-20(17(3)23(15)32)11-12-29(4,38-24)27(35)39-31-13-5-6-21(31)26(34)37-19-9-7-18(8-10-19)14-22-25(33)30-28(36)40-22/h7-10,21-22,32H,5-6,11-14H2,1-4H3,(H,30,33,36)/t21-,22?,29-/m0/s1. The minimum absolute atomic E-state index is 0.246. The first-order valence-corrected chi connectivity index (χ1v) is 14.2. The van der Waals surface area contributed by atoms with E-state index < -0.39 is 28.8 Å². The van der Waals surface area contributed by atoms with Gasteiger partial charge in [-0.05, 0) is 87.8 Å². The molecule has 3 heterocycles. The monoisotopic (exact) mass is 568 g/mol. The molecular formula is C29H32N2O8S. The van der Waals surface area contributed by atoms with Crippen molar-refractivity contribution in [1.29, 1.82) is 0 Å². The highest BCUT2D eigenvalue weighted by molar-refractivity contribution is 8.15. The number of esters is 1. The summed E-state index contributed by atoms with van der Waals surface area (Å²) in [5.41, 5.74) is 2.71. The highest BCUT2D eigenvalue weighted by Gasteiger charge is 2.45. The Labute approximate surface area is 236 Å². The van der Waals surface area contributed by atoms with E-state index >= 15 is 0 Å². The molecule has 0 aliphatic carbocycles. The van der Waals surface area contributed by atoms with Crippen molar-refractivity contribution in [3.05, 3.63) is 52.1 Å². The summed E-state index contributed by atoms with van der Waals surface area (Å²) in [6.45, 7) is 7.59. The number of amides is 2. The number of ether oxygens (including phenoxy) is 2. The van der Waals surface area contributed by atoms with Gasteiger partial charge in [-0.25, -0.2) is 9.59 Å². The molecule has 11 heteroatoms. The summed E-state index contributed by atoms with van der Waals surface area (Å²) in [5.74, 6) is -0.258. The maximum absolute atomic E-state index is 13.3. The smallest absolute Gasteiger partial charge is 0.369 e. The molecule has 3 aliphatic rings. The molecule has 2 aromatic rings. The quantitative estimate of drug-likeness (QED) is 0.392. The van der Waals surface area contributed by atoms with E-state index in [0.717, 1.165) is 34.0 Å². The van der Waals surface area contributed by atoms with Crippen LogP contribution in [0.1, 0.15) is 54.0 Å². The molecule has 3 atom stereocenters. The second kappa shape index (κ2) is 10.8. The predicted octanol–water partition coefficient (Wildman–Crippen LogP) is 3.82. The van der Waals surface area contributed by atoms with E-state index in [2.05, 4.69) is 5.32 Å². The second-order valence-corrected chi connectivity index (χ2v) is 11.9. The summed E-state index contributed by atoms with van der Waals surface area (Å²) >= 11 is 0.963. The first-order chi connectivity index (χ1) is 19.0. The highest BCUT2D eigenvalue weighted by Crippen LogP contribution is 2.43. The van der Waals surface area contributed by atoms with Crippen molar-refractivity contribution >= 4 is 34.8 Å². The highest BCUT2D eigenvalue weighted by atomic mass is 32.2. The van der Waals surface area contributed by atoms with Crippen LogP contribution in [0.15, 0.2) is 24.3 Å². The van der Waals surface area contributed by atoms with Crippen LogP contribution in [-0.2, 0) is 32.1 Å². The third-order valence-corrected chi connectivity index (χ3v) is 8.94. The molecular weight excluding hydrogens is 536 g/mol. The number of thioether (sulfide) groups is 1. The molecule has 212 valence electrons. The molecule has 1 unspecified atom stereocenters. The molecule has 2 aromatic carbocycles. The number of fused-ring (bicyclic) bond motifs is 1. The molecule has 2 fully saturated rings. The van der Waals surface area contributed by atoms with Crippen LogP contribution < -0.4 is 14.8 Å². The average Bonchev–Trinajstić information content (AvgIpc) is 3.52. The van der Waals surface area contributed by atoms with Crippen molar-refractivity contribution in [2.45, 2.75) is 76.7 Å². The van der Waals surface area contributed by atoms with E-state index in [1.54, 1.807) is 31.2 Å². The Morgan fingerprint density at radius 2 is 1.88 bits per heavy atom. The number of phenolic OH excluding ortho intramolecular Hbond substituents is 1. The zero-order valence-electron chi connectivity index (χ0n) is 22.9. The first kappa shape index (κ1) is 28.0. The molecule has 0 spiro atoms. The molecule has 10 nitrogen and oxygen atoms in total. The van der Waals surface area contributed by atoms with Gasteiger partial charge in [0.1, 0.15) is 23.3 Å². The minimum Gasteiger partial charge on any atom is -0.507 e. The number of phenols is 1. The van der Waals surface area contributed by atoms with Crippen LogP contribution in [0, 0.1) is 20.8 Å². The summed E-state index contributed by atoms with van der Waals surface area (Å²) in [6.07, 6.45) is 2.43. The molecule has 0 saturated carbocycles. The third kappa shape index (κ3) is 5.27. The van der Waals surface area contributed by atoms with Gasteiger partial charge in [0.15, 0.2) is 0 Å². The minimum atomic E-state index is -1.25. The average molecular weight is 569 g/mol. The van der Waals surface area contributed by atoms with Crippen LogP contribution in [0.5, 0.6) is 17.2 Å². The van der Waals surface area contributed by atoms with Crippen LogP contribution in [0.2, 0.25) is 0 Å². The Morgan fingerprint density at radius 1 is 1.15 bits per heavy atom. The molecule has 40 heavy (non-hydrogen) atoms. The number of imide groups is 1. The SMILES string of the molecule is Cc1c(C)c2c(c(C)c1O)CC[C@@](C)(C(=O)ON1CCC[C@H]1C(=O)Oc1ccc(CC3SC(=O)NC3=O)cc1)O2. The molecule has 3 aliphatic heterocycles. The zero-order chi connectivity index (χ0) is 28.8. The molecule has 2 N–H and O–H groups in total. The van der Waals surface area contributed by atoms with Crippen molar-refractivity contribution in [3.63, 3.8) is 0 Å². The number of carbonyl (C=O) groups is 4. The van der Waals surface area contributed by atoms with E-state index in [4.69, 9.17) is 14.3 Å². The number of aromatic hydroxyl groups is 1. The van der Waals surface area contributed by atoms with E-state index in [-0.39, 0.29) is 16.9 Å². The van der Waals surface area contributed by atoms with E-state index in [1.807, 2.05) is 20.8 Å². The Kier molecular flexibility index (Phi) is 7.54. The lowest BCUT2D eigenvalue weighted by Gasteiger charge is -2.36. The maximum atomic E-state index is 13.3. The van der Waals surface area contributed by atoms with Crippen LogP contribution in [0.25, 0.3) is 0 Å². The lowest BCUT2D eigenvalue weighted by Crippen LogP contribution is -2.50. The molecule has 5 rings (SSSR count). The van der Waals surface area contributed by atoms with E-state index in [1.165, 1.54) is 5.06 Å². The van der Waals surface area contributed by atoms with Crippen molar-refractivity contribution in [2.24, 2.45) is 0 Å². The van der Waals surface area contributed by atoms with Crippen LogP contribution in [-0.4, -0.2) is 56.7 Å². The fraction of sp³-hybridized carbons (Fsp3) is 0.448. The van der Waals surface area contributed by atoms with Crippen molar-refractivity contribution in [1.82, 2.24) is 10.4 Å². The second-order valence-electron chi connectivity index (χ2n) is 10.7. The van der Waals surface area contributed by atoms with Gasteiger partial charge in [0, 0.05) is 18.5 Å². The number of rotatable bonds is 6. The van der Waals surface area contributed by atoms with E-state index in [9.17, 15) is 24.3 Å². The Bertz CT molecular complexity index is 1390. The fourth-order valence-corrected chi connectivity index (χ4v) is 6.16. The Hall–Kier alpha value is -3.57. The summed E-state index contributed by atoms with van der Waals surface area (Å²) in [6, 6.07) is 6.01. The van der Waals surface area contributed by atoms with Gasteiger partial charge >= 0.3 is 11.9 Å². The van der Waals surface area contributed by atoms with Gasteiger partial charge in [-0.15, -0.1) is 5.06 Å². The lowest BCUT2D eigenvalue weighted by atomic mass is 9.87. The van der Waals surface area contributed by atoms with E-state index in [0.29, 0.717) is 55.7 Å². The number of nitrogens with zero attached hydrogens (tertiary/aromatic N) is 1. The normalized spacial score (nSPS) is 24.3. The largest absolute Gasteiger partial charge is 0.507 e. The molecule has 0 radical (unpaired) electrons. The zero-order valence-corrected chi connectivity index (χ0v) is 23.7. The van der Waals surface area contributed by atoms with Gasteiger partial charge in [-0.1, -0.05) is 23.9 Å². The summed E-state index contributed by atoms with van der Waals surface area (Å²) in [7, 11) is 0. The van der Waals surface area contributed by atoms with Gasteiger partial charge < -0.3 is 19.4 Å². The Balaban J connectivity index is 1.21. The number of hydrogen-bond acceptors (Lipinski definition) is 10. The molecule has 0 bridgehead atoms. The van der Waals surface area contributed by atoms with Gasteiger partial charge in [0.25, 0.3) is 5.24 Å². The van der Waals surface area contributed by atoms with Gasteiger partial charge in [0.2, 0.25) is 11.5 Å². The molecule has 0 aromatic heterocycles. The van der Waals surface area contributed by atoms with Gasteiger partial charge in [0.05, 0.1) is 5.25 Å². The maximum Gasteiger partial charge on any atom is 0.369 e. The molecule has 2 amide bonds. The number of hydroxylamine groups is 2. The molecule has 2 saturated heterocycles. The number of carbonyl (C=O) groups excluding carboxylic acids is 4. The first-order valence-electron chi connectivity index (χ1n) is 13.3. The van der Waals surface area contributed by atoms with Crippen molar-refractivity contribution in [3.8, 4) is 17.2 Å². The van der Waals surface area contributed by atoms with Crippen molar-refractivity contribution < 1.29 is 38.6 Å². The van der Waals surface area contributed by atoms with Crippen LogP contribution in [0.3, 0.4) is 0 Å². The van der Waals surface area contributed by atoms with Crippen LogP contribution >= 0.6 is 11.8 Å². The number of benzene rings is 2. The van der Waals surface area contributed by atoms with Crippen LogP contribution in [0.4, 0.5) is 4.79 Å². The lowest BCUT2D eigenvalue weighted by molar-refractivity contribution is -0.213. The van der Waals surface area contributed by atoms with Crippen molar-refractivity contribution in [2.75, 3.05) is 6.54 Å². The fourth-order valence-electron chi connectivity index (χ4n) is 5.30. The van der Waals surface area contributed by atoms with Gasteiger partial charge in [-0.2, -0.15) is 0 Å². The van der Waals surface area contributed by atoms with Gasteiger partial charge in [-0.3, -0.25) is 14.9 Å².